The molecule has 1 aliphatic heterocycles. The van der Waals surface area contributed by atoms with Crippen LogP contribution < -0.4 is 5.32 Å². The number of amides is 2. The van der Waals surface area contributed by atoms with Crippen molar-refractivity contribution in [3.8, 4) is 0 Å². The summed E-state index contributed by atoms with van der Waals surface area (Å²) in [7, 11) is -3.97. The molecule has 0 spiro atoms. The zero-order chi connectivity index (χ0) is 18.2. The zero-order valence-corrected chi connectivity index (χ0v) is 15.4. The molecular weight excluding hydrogens is 360 g/mol. The number of thiophene rings is 1. The summed E-state index contributed by atoms with van der Waals surface area (Å²) in [5.74, 6) is -1.04. The smallest absolute Gasteiger partial charge is 0.269 e. The fourth-order valence-corrected chi connectivity index (χ4v) is 5.25. The Labute approximate surface area is 150 Å². The molecule has 8 heteroatoms. The average molecular weight is 378 g/mol. The van der Waals surface area contributed by atoms with Gasteiger partial charge in [-0.05, 0) is 29.5 Å². The normalized spacial score (nSPS) is 16.8. The number of fused-ring (bicyclic) bond motifs is 1. The number of carbonyl (C=O) groups is 2. The molecule has 2 aromatic rings. The van der Waals surface area contributed by atoms with Gasteiger partial charge in [-0.15, -0.1) is 11.3 Å². The van der Waals surface area contributed by atoms with E-state index in [4.69, 9.17) is 0 Å². The van der Waals surface area contributed by atoms with Crippen LogP contribution in [0.1, 0.15) is 35.1 Å². The van der Waals surface area contributed by atoms with Crippen LogP contribution in [0.3, 0.4) is 0 Å². The Morgan fingerprint density at radius 1 is 1.20 bits per heavy atom. The second-order valence-electron chi connectivity index (χ2n) is 6.12. The van der Waals surface area contributed by atoms with Crippen molar-refractivity contribution in [3.63, 3.8) is 0 Å². The zero-order valence-electron chi connectivity index (χ0n) is 13.8. The summed E-state index contributed by atoms with van der Waals surface area (Å²) < 4.78 is 25.6. The molecule has 1 aromatic carbocycles. The van der Waals surface area contributed by atoms with Crippen LogP contribution in [0.4, 0.5) is 0 Å². The minimum Gasteiger partial charge on any atom is -0.347 e. The van der Waals surface area contributed by atoms with Gasteiger partial charge in [0.15, 0.2) is 0 Å². The van der Waals surface area contributed by atoms with Gasteiger partial charge in [-0.25, -0.2) is 12.7 Å². The molecule has 3 rings (SSSR count). The fourth-order valence-electron chi connectivity index (χ4n) is 2.77. The molecule has 0 fully saturated rings. The molecule has 6 nitrogen and oxygen atoms in total. The van der Waals surface area contributed by atoms with Gasteiger partial charge in [0.1, 0.15) is 11.4 Å². The molecule has 1 aliphatic rings. The molecule has 0 unspecified atom stereocenters. The van der Waals surface area contributed by atoms with Crippen molar-refractivity contribution in [2.24, 2.45) is 5.92 Å². The summed E-state index contributed by atoms with van der Waals surface area (Å²) in [6, 6.07) is 9.57. The number of nitrogens with one attached hydrogen (secondary N) is 1. The monoisotopic (exact) mass is 378 g/mol. The Morgan fingerprint density at radius 2 is 1.92 bits per heavy atom. The quantitative estimate of drug-likeness (QED) is 0.866. The Morgan fingerprint density at radius 3 is 2.52 bits per heavy atom. The van der Waals surface area contributed by atoms with E-state index in [0.29, 0.717) is 4.31 Å². The molecule has 25 heavy (non-hydrogen) atoms. The lowest BCUT2D eigenvalue weighted by molar-refractivity contribution is -0.122. The first-order valence-electron chi connectivity index (χ1n) is 7.81. The number of hydrogen-bond acceptors (Lipinski definition) is 5. The molecule has 1 N–H and O–H groups in total. The summed E-state index contributed by atoms with van der Waals surface area (Å²) in [5, 5.41) is 4.76. The van der Waals surface area contributed by atoms with Gasteiger partial charge in [-0.1, -0.05) is 32.0 Å². The van der Waals surface area contributed by atoms with Crippen molar-refractivity contribution in [2.45, 2.75) is 24.8 Å². The number of rotatable bonds is 5. The van der Waals surface area contributed by atoms with Gasteiger partial charge in [-0.2, -0.15) is 0 Å². The Kier molecular flexibility index (Phi) is 4.66. The highest BCUT2D eigenvalue weighted by Crippen LogP contribution is 2.30. The van der Waals surface area contributed by atoms with E-state index in [2.05, 4.69) is 5.32 Å². The van der Waals surface area contributed by atoms with Crippen molar-refractivity contribution >= 4 is 33.2 Å². The Balaban J connectivity index is 1.79. The standard InChI is InChI=1S/C17H18N2O4S2/c1-11(2)16(13-7-5-9-24-13)18-15(20)10-19-17(21)12-6-3-4-8-14(12)25(19,22)23/h3-9,11,16H,10H2,1-2H3,(H,18,20)/t16-/m0/s1. The minimum absolute atomic E-state index is 0.0496. The predicted molar refractivity (Wildman–Crippen MR) is 94.7 cm³/mol. The molecular formula is C17H18N2O4S2. The summed E-state index contributed by atoms with van der Waals surface area (Å²) in [6.45, 7) is 3.42. The van der Waals surface area contributed by atoms with Crippen molar-refractivity contribution < 1.29 is 18.0 Å². The van der Waals surface area contributed by atoms with E-state index < -0.39 is 28.4 Å². The lowest BCUT2D eigenvalue weighted by Crippen LogP contribution is -2.42. The Hall–Kier alpha value is -2.19. The van der Waals surface area contributed by atoms with Crippen molar-refractivity contribution in [1.29, 1.82) is 0 Å². The van der Waals surface area contributed by atoms with Gasteiger partial charge < -0.3 is 5.32 Å². The molecule has 2 heterocycles. The third kappa shape index (κ3) is 3.19. The number of hydrogen-bond donors (Lipinski definition) is 1. The van der Waals surface area contributed by atoms with Crippen molar-refractivity contribution in [2.75, 3.05) is 6.54 Å². The maximum Gasteiger partial charge on any atom is 0.269 e. The molecule has 0 aliphatic carbocycles. The number of sulfonamides is 1. The SMILES string of the molecule is CC(C)[C@H](NC(=O)CN1C(=O)c2ccccc2S1(=O)=O)c1cccs1. The lowest BCUT2D eigenvalue weighted by atomic mass is 10.0. The topological polar surface area (TPSA) is 83.6 Å². The summed E-state index contributed by atoms with van der Waals surface area (Å²) >= 11 is 1.52. The van der Waals surface area contributed by atoms with Crippen LogP contribution in [0, 0.1) is 5.92 Å². The number of nitrogens with zero attached hydrogens (tertiary/aromatic N) is 1. The maximum absolute atomic E-state index is 12.5. The van der Waals surface area contributed by atoms with Gasteiger partial charge in [0.25, 0.3) is 15.9 Å². The molecule has 1 atom stereocenters. The fraction of sp³-hybridized carbons (Fsp3) is 0.294. The van der Waals surface area contributed by atoms with E-state index in [1.165, 1.54) is 23.5 Å². The third-order valence-electron chi connectivity index (χ3n) is 4.03. The molecule has 2 amide bonds. The van der Waals surface area contributed by atoms with Crippen LogP contribution in [0.15, 0.2) is 46.7 Å². The predicted octanol–water partition coefficient (Wildman–Crippen LogP) is 2.41. The summed E-state index contributed by atoms with van der Waals surface area (Å²) in [4.78, 5) is 25.7. The molecule has 0 saturated carbocycles. The number of carbonyl (C=O) groups excluding carboxylic acids is 2. The van der Waals surface area contributed by atoms with Crippen LogP contribution in [0.25, 0.3) is 0 Å². The number of benzene rings is 1. The highest BCUT2D eigenvalue weighted by Gasteiger charge is 2.42. The molecule has 1 aromatic heterocycles. The van der Waals surface area contributed by atoms with Crippen LogP contribution in [0.5, 0.6) is 0 Å². The van der Waals surface area contributed by atoms with E-state index in [9.17, 15) is 18.0 Å². The maximum atomic E-state index is 12.5. The van der Waals surface area contributed by atoms with E-state index in [1.54, 1.807) is 12.1 Å². The second-order valence-corrected chi connectivity index (χ2v) is 8.93. The largest absolute Gasteiger partial charge is 0.347 e. The van der Waals surface area contributed by atoms with Gasteiger partial charge in [0.05, 0.1) is 11.6 Å². The van der Waals surface area contributed by atoms with Crippen LogP contribution >= 0.6 is 11.3 Å². The lowest BCUT2D eigenvalue weighted by Gasteiger charge is -2.23. The first-order valence-corrected chi connectivity index (χ1v) is 10.1. The first kappa shape index (κ1) is 17.6. The van der Waals surface area contributed by atoms with E-state index in [-0.39, 0.29) is 22.4 Å². The van der Waals surface area contributed by atoms with E-state index in [0.717, 1.165) is 4.88 Å². The minimum atomic E-state index is -3.97. The van der Waals surface area contributed by atoms with Crippen LogP contribution in [-0.4, -0.2) is 31.1 Å². The van der Waals surface area contributed by atoms with Gasteiger partial charge >= 0.3 is 0 Å². The summed E-state index contributed by atoms with van der Waals surface area (Å²) in [6.07, 6.45) is 0. The average Bonchev–Trinajstić information content (AvgIpc) is 3.15. The van der Waals surface area contributed by atoms with E-state index >= 15 is 0 Å². The molecule has 0 radical (unpaired) electrons. The summed E-state index contributed by atoms with van der Waals surface area (Å²) in [5.41, 5.74) is 0.106. The van der Waals surface area contributed by atoms with Crippen LogP contribution in [0.2, 0.25) is 0 Å². The van der Waals surface area contributed by atoms with Crippen molar-refractivity contribution in [3.05, 3.63) is 52.2 Å². The van der Waals surface area contributed by atoms with Gasteiger partial charge in [-0.3, -0.25) is 9.59 Å². The molecule has 0 bridgehead atoms. The van der Waals surface area contributed by atoms with Crippen LogP contribution in [-0.2, 0) is 14.8 Å². The molecule has 132 valence electrons. The van der Waals surface area contributed by atoms with Gasteiger partial charge in [0, 0.05) is 4.88 Å². The highest BCUT2D eigenvalue weighted by molar-refractivity contribution is 7.90. The van der Waals surface area contributed by atoms with E-state index in [1.807, 2.05) is 31.4 Å². The second kappa shape index (κ2) is 6.61. The third-order valence-corrected chi connectivity index (χ3v) is 6.77. The molecule has 0 saturated heterocycles. The highest BCUT2D eigenvalue weighted by atomic mass is 32.2. The van der Waals surface area contributed by atoms with Gasteiger partial charge in [0.2, 0.25) is 5.91 Å². The Bertz CT molecular complexity index is 904. The first-order chi connectivity index (χ1) is 11.8. The van der Waals surface area contributed by atoms with Crippen molar-refractivity contribution in [1.82, 2.24) is 9.62 Å².